The summed E-state index contributed by atoms with van der Waals surface area (Å²) < 4.78 is 21.1. The summed E-state index contributed by atoms with van der Waals surface area (Å²) in [6.07, 6.45) is 7.76. The van der Waals surface area contributed by atoms with E-state index in [4.69, 9.17) is 4.42 Å². The van der Waals surface area contributed by atoms with Gasteiger partial charge in [0.05, 0.1) is 6.26 Å². The third-order valence-electron chi connectivity index (χ3n) is 3.56. The average molecular weight is 325 g/mol. The quantitative estimate of drug-likeness (QED) is 0.733. The van der Waals surface area contributed by atoms with Crippen LogP contribution in [0.25, 0.3) is 6.08 Å². The van der Waals surface area contributed by atoms with Gasteiger partial charge in [0.1, 0.15) is 23.4 Å². The van der Waals surface area contributed by atoms with Gasteiger partial charge in [-0.3, -0.25) is 4.79 Å². The number of halogens is 1. The van der Waals surface area contributed by atoms with Gasteiger partial charge in [-0.2, -0.15) is 0 Å². The third kappa shape index (κ3) is 3.43. The van der Waals surface area contributed by atoms with E-state index in [0.29, 0.717) is 17.1 Å². The van der Waals surface area contributed by atoms with E-state index in [2.05, 4.69) is 10.3 Å². The number of carbonyl (C=O) groups excluding carboxylic acids is 1. The van der Waals surface area contributed by atoms with Crippen molar-refractivity contribution in [2.75, 3.05) is 0 Å². The van der Waals surface area contributed by atoms with Crippen LogP contribution in [0.15, 0.2) is 65.5 Å². The molecule has 2 heterocycles. The zero-order chi connectivity index (χ0) is 16.9. The molecule has 2 aromatic heterocycles. The molecule has 1 N–H and O–H groups in total. The first kappa shape index (κ1) is 15.7. The second kappa shape index (κ2) is 6.95. The highest BCUT2D eigenvalue weighted by Gasteiger charge is 2.22. The first-order chi connectivity index (χ1) is 11.6. The van der Waals surface area contributed by atoms with Gasteiger partial charge in [-0.15, -0.1) is 0 Å². The van der Waals surface area contributed by atoms with Crippen molar-refractivity contribution >= 4 is 12.0 Å². The Hall–Kier alpha value is -3.15. The first-order valence-electron chi connectivity index (χ1n) is 7.39. The van der Waals surface area contributed by atoms with Crippen molar-refractivity contribution in [3.05, 3.63) is 84.1 Å². The Kier molecular flexibility index (Phi) is 4.56. The number of aryl methyl sites for hydroxylation is 1. The number of nitrogens with one attached hydrogen (secondary N) is 1. The normalized spacial score (nSPS) is 12.4. The maximum atomic E-state index is 14.2. The number of nitrogens with zero attached hydrogens (tertiary/aromatic N) is 2. The molecule has 0 aliphatic carbocycles. The molecule has 0 saturated heterocycles. The van der Waals surface area contributed by atoms with Gasteiger partial charge in [0.15, 0.2) is 0 Å². The van der Waals surface area contributed by atoms with Crippen LogP contribution in [0.2, 0.25) is 0 Å². The number of benzene rings is 1. The third-order valence-corrected chi connectivity index (χ3v) is 3.56. The van der Waals surface area contributed by atoms with Crippen molar-refractivity contribution in [1.29, 1.82) is 0 Å². The van der Waals surface area contributed by atoms with Gasteiger partial charge in [0.25, 0.3) is 0 Å². The van der Waals surface area contributed by atoms with E-state index in [-0.39, 0.29) is 5.91 Å². The fourth-order valence-electron chi connectivity index (χ4n) is 2.38. The minimum atomic E-state index is -0.694. The van der Waals surface area contributed by atoms with Gasteiger partial charge < -0.3 is 14.3 Å². The number of aromatic nitrogens is 2. The van der Waals surface area contributed by atoms with Gasteiger partial charge in [0.2, 0.25) is 5.91 Å². The molecule has 0 bridgehead atoms. The van der Waals surface area contributed by atoms with Crippen LogP contribution < -0.4 is 5.32 Å². The van der Waals surface area contributed by atoms with E-state index in [0.717, 1.165) is 0 Å². The molecule has 3 aromatic rings. The molecule has 0 spiro atoms. The van der Waals surface area contributed by atoms with E-state index < -0.39 is 11.9 Å². The molecule has 0 radical (unpaired) electrons. The molecule has 1 aromatic carbocycles. The van der Waals surface area contributed by atoms with E-state index in [1.54, 1.807) is 60.4 Å². The summed E-state index contributed by atoms with van der Waals surface area (Å²) in [5.74, 6) is 0.327. The molecule has 6 heteroatoms. The molecular formula is C18H16FN3O2. The Labute approximate surface area is 138 Å². The molecule has 0 saturated carbocycles. The molecule has 122 valence electrons. The smallest absolute Gasteiger partial charge is 0.244 e. The standard InChI is InChI=1S/C18H16FN3O2/c1-22-11-10-20-18(22)17(14-6-2-3-7-15(14)19)21-16(23)9-8-13-5-4-12-24-13/h2-12,17H,1H3,(H,21,23). The lowest BCUT2D eigenvalue weighted by Gasteiger charge is -2.18. The van der Waals surface area contributed by atoms with Crippen LogP contribution in [-0.2, 0) is 11.8 Å². The van der Waals surface area contributed by atoms with Gasteiger partial charge in [0, 0.05) is 31.1 Å². The largest absolute Gasteiger partial charge is 0.465 e. The fraction of sp³-hybridized carbons (Fsp3) is 0.111. The van der Waals surface area contributed by atoms with E-state index in [1.165, 1.54) is 18.4 Å². The van der Waals surface area contributed by atoms with Crippen molar-refractivity contribution in [3.8, 4) is 0 Å². The molecule has 3 rings (SSSR count). The number of hydrogen-bond donors (Lipinski definition) is 1. The van der Waals surface area contributed by atoms with E-state index in [9.17, 15) is 9.18 Å². The van der Waals surface area contributed by atoms with E-state index >= 15 is 0 Å². The molecule has 0 aliphatic rings. The molecule has 24 heavy (non-hydrogen) atoms. The summed E-state index contributed by atoms with van der Waals surface area (Å²) in [4.78, 5) is 16.5. The second-order valence-electron chi connectivity index (χ2n) is 5.21. The zero-order valence-electron chi connectivity index (χ0n) is 13.0. The number of amides is 1. The van der Waals surface area contributed by atoms with Crippen LogP contribution in [-0.4, -0.2) is 15.5 Å². The molecule has 1 unspecified atom stereocenters. The number of carbonyl (C=O) groups is 1. The maximum absolute atomic E-state index is 14.2. The topological polar surface area (TPSA) is 60.1 Å². The Morgan fingerprint density at radius 2 is 2.17 bits per heavy atom. The number of rotatable bonds is 5. The molecule has 1 atom stereocenters. The average Bonchev–Trinajstić information content (AvgIpc) is 3.23. The minimum absolute atomic E-state index is 0.353. The second-order valence-corrected chi connectivity index (χ2v) is 5.21. The summed E-state index contributed by atoms with van der Waals surface area (Å²) in [5.41, 5.74) is 0.353. The van der Waals surface area contributed by atoms with Crippen molar-refractivity contribution in [2.24, 2.45) is 7.05 Å². The van der Waals surface area contributed by atoms with E-state index in [1.807, 2.05) is 0 Å². The number of hydrogen-bond acceptors (Lipinski definition) is 3. The van der Waals surface area contributed by atoms with Gasteiger partial charge in [-0.1, -0.05) is 18.2 Å². The fourth-order valence-corrected chi connectivity index (χ4v) is 2.38. The zero-order valence-corrected chi connectivity index (χ0v) is 13.0. The van der Waals surface area contributed by atoms with Crippen LogP contribution in [0.1, 0.15) is 23.2 Å². The Bertz CT molecular complexity index is 853. The van der Waals surface area contributed by atoms with Crippen molar-refractivity contribution in [3.63, 3.8) is 0 Å². The summed E-state index contributed by atoms with van der Waals surface area (Å²) in [7, 11) is 1.79. The summed E-state index contributed by atoms with van der Waals surface area (Å²) >= 11 is 0. The summed E-state index contributed by atoms with van der Waals surface area (Å²) in [5, 5.41) is 2.79. The highest BCUT2D eigenvalue weighted by Crippen LogP contribution is 2.23. The summed E-state index contributed by atoms with van der Waals surface area (Å²) in [6, 6.07) is 9.08. The van der Waals surface area contributed by atoms with Gasteiger partial charge in [-0.05, 0) is 24.3 Å². The minimum Gasteiger partial charge on any atom is -0.465 e. The molecular weight excluding hydrogens is 309 g/mol. The molecule has 0 aliphatic heterocycles. The van der Waals surface area contributed by atoms with Crippen LogP contribution in [0.3, 0.4) is 0 Å². The van der Waals surface area contributed by atoms with Crippen LogP contribution in [0.4, 0.5) is 4.39 Å². The number of imidazole rings is 1. The summed E-state index contributed by atoms with van der Waals surface area (Å²) in [6.45, 7) is 0. The number of furan rings is 1. The molecule has 1 amide bonds. The Morgan fingerprint density at radius 1 is 1.33 bits per heavy atom. The van der Waals surface area contributed by atoms with Crippen molar-refractivity contribution < 1.29 is 13.6 Å². The van der Waals surface area contributed by atoms with Crippen LogP contribution in [0.5, 0.6) is 0 Å². The van der Waals surface area contributed by atoms with Crippen molar-refractivity contribution in [2.45, 2.75) is 6.04 Å². The molecule has 0 fully saturated rings. The maximum Gasteiger partial charge on any atom is 0.244 e. The monoisotopic (exact) mass is 325 g/mol. The predicted octanol–water partition coefficient (Wildman–Crippen LogP) is 3.07. The first-order valence-corrected chi connectivity index (χ1v) is 7.39. The van der Waals surface area contributed by atoms with Gasteiger partial charge in [-0.25, -0.2) is 9.37 Å². The lowest BCUT2D eigenvalue weighted by molar-refractivity contribution is -0.117. The lowest BCUT2D eigenvalue weighted by atomic mass is 10.1. The Morgan fingerprint density at radius 3 is 2.83 bits per heavy atom. The predicted molar refractivity (Wildman–Crippen MR) is 87.3 cm³/mol. The van der Waals surface area contributed by atoms with Gasteiger partial charge >= 0.3 is 0 Å². The SMILES string of the molecule is Cn1ccnc1C(NC(=O)C=Cc1ccco1)c1ccccc1F. The lowest BCUT2D eigenvalue weighted by Crippen LogP contribution is -2.30. The highest BCUT2D eigenvalue weighted by molar-refractivity contribution is 5.91. The highest BCUT2D eigenvalue weighted by atomic mass is 19.1. The van der Waals surface area contributed by atoms with Crippen LogP contribution in [0, 0.1) is 5.82 Å². The molecule has 5 nitrogen and oxygen atoms in total. The van der Waals surface area contributed by atoms with Crippen LogP contribution >= 0.6 is 0 Å². The Balaban J connectivity index is 1.87. The van der Waals surface area contributed by atoms with Crippen molar-refractivity contribution in [1.82, 2.24) is 14.9 Å².